The molecule has 1 rings (SSSR count). The number of alkyl halides is 1. The first-order valence-electron chi connectivity index (χ1n) is 6.17. The Balaban J connectivity index is 2.50. The third kappa shape index (κ3) is 5.44. The maximum atomic E-state index is 6.44. The quantitative estimate of drug-likeness (QED) is 0.627. The van der Waals surface area contributed by atoms with Gasteiger partial charge < -0.3 is 0 Å². The van der Waals surface area contributed by atoms with E-state index in [9.17, 15) is 0 Å². The Morgan fingerprint density at radius 1 is 1.18 bits per heavy atom. The molecule has 0 aliphatic carbocycles. The minimum atomic E-state index is 0.227. The number of halogens is 2. The molecule has 17 heavy (non-hydrogen) atoms. The molecule has 0 saturated carbocycles. The molecule has 0 fully saturated rings. The summed E-state index contributed by atoms with van der Waals surface area (Å²) in [4.78, 5) is 0. The Labute approximate surface area is 119 Å². The molecule has 0 spiro atoms. The predicted octanol–water partition coefficient (Wildman–Crippen LogP) is 5.67. The van der Waals surface area contributed by atoms with Gasteiger partial charge in [0.05, 0.1) is 0 Å². The second-order valence-corrected chi connectivity index (χ2v) is 7.46. The van der Waals surface area contributed by atoms with Crippen molar-refractivity contribution in [2.24, 2.45) is 11.3 Å². The molecule has 0 heterocycles. The van der Waals surface area contributed by atoms with E-state index in [1.165, 1.54) is 5.56 Å². The summed E-state index contributed by atoms with van der Waals surface area (Å²) in [5.74, 6) is 0.639. The van der Waals surface area contributed by atoms with E-state index in [0.29, 0.717) is 11.3 Å². The van der Waals surface area contributed by atoms with Crippen molar-refractivity contribution >= 4 is 27.5 Å². The van der Waals surface area contributed by atoms with Crippen LogP contribution in [0.1, 0.15) is 39.7 Å². The third-order valence-corrected chi connectivity index (χ3v) is 4.32. The second kappa shape index (κ2) is 6.24. The maximum absolute atomic E-state index is 6.44. The van der Waals surface area contributed by atoms with Crippen LogP contribution in [0, 0.1) is 11.3 Å². The summed E-state index contributed by atoms with van der Waals surface area (Å²) in [6.07, 6.45) is 2.02. The third-order valence-electron chi connectivity index (χ3n) is 3.46. The zero-order valence-electron chi connectivity index (χ0n) is 11.1. The average Bonchev–Trinajstić information content (AvgIpc) is 2.20. The molecule has 1 aromatic carbocycles. The zero-order chi connectivity index (χ0) is 13.1. The van der Waals surface area contributed by atoms with E-state index in [4.69, 9.17) is 11.6 Å². The Morgan fingerprint density at radius 3 is 2.18 bits per heavy atom. The molecule has 2 unspecified atom stereocenters. The van der Waals surface area contributed by atoms with Crippen molar-refractivity contribution in [1.82, 2.24) is 0 Å². The van der Waals surface area contributed by atoms with E-state index < -0.39 is 0 Å². The maximum Gasteiger partial charge on any atom is 0.0379 e. The first-order valence-corrected chi connectivity index (χ1v) is 7.40. The van der Waals surface area contributed by atoms with Crippen molar-refractivity contribution < 1.29 is 0 Å². The topological polar surface area (TPSA) is 0 Å². The van der Waals surface area contributed by atoms with Crippen molar-refractivity contribution in [3.63, 3.8) is 0 Å². The van der Waals surface area contributed by atoms with E-state index in [1.54, 1.807) is 0 Å². The van der Waals surface area contributed by atoms with Crippen LogP contribution in [0.2, 0.25) is 0 Å². The van der Waals surface area contributed by atoms with Gasteiger partial charge in [-0.25, -0.2) is 0 Å². The highest BCUT2D eigenvalue weighted by Crippen LogP contribution is 2.31. The molecule has 0 saturated heterocycles. The summed E-state index contributed by atoms with van der Waals surface area (Å²) in [6, 6.07) is 8.43. The Morgan fingerprint density at radius 2 is 1.71 bits per heavy atom. The van der Waals surface area contributed by atoms with Gasteiger partial charge in [-0.2, -0.15) is 0 Å². The smallest absolute Gasteiger partial charge is 0.0379 e. The fraction of sp³-hybridized carbons (Fsp3) is 0.600. The summed E-state index contributed by atoms with van der Waals surface area (Å²) in [5.41, 5.74) is 1.65. The van der Waals surface area contributed by atoms with Gasteiger partial charge in [-0.1, -0.05) is 55.8 Å². The SMILES string of the molecule is CC(CC(Cl)Cc1ccc(Br)cc1)C(C)(C)C. The fourth-order valence-electron chi connectivity index (χ4n) is 1.70. The minimum absolute atomic E-state index is 0.227. The highest BCUT2D eigenvalue weighted by atomic mass is 79.9. The van der Waals surface area contributed by atoms with Crippen LogP contribution >= 0.6 is 27.5 Å². The first kappa shape index (κ1) is 15.0. The molecular weight excluding hydrogens is 296 g/mol. The van der Waals surface area contributed by atoms with Gasteiger partial charge >= 0.3 is 0 Å². The van der Waals surface area contributed by atoms with Crippen molar-refractivity contribution in [3.8, 4) is 0 Å². The lowest BCUT2D eigenvalue weighted by atomic mass is 9.79. The van der Waals surface area contributed by atoms with E-state index in [0.717, 1.165) is 17.3 Å². The lowest BCUT2D eigenvalue weighted by molar-refractivity contribution is 0.244. The van der Waals surface area contributed by atoms with Gasteiger partial charge in [0.15, 0.2) is 0 Å². The van der Waals surface area contributed by atoms with Crippen LogP contribution in [0.15, 0.2) is 28.7 Å². The van der Waals surface area contributed by atoms with Gasteiger partial charge in [0.1, 0.15) is 0 Å². The number of hydrogen-bond acceptors (Lipinski definition) is 0. The van der Waals surface area contributed by atoms with E-state index in [-0.39, 0.29) is 5.38 Å². The van der Waals surface area contributed by atoms with E-state index in [1.807, 2.05) is 0 Å². The summed E-state index contributed by atoms with van der Waals surface area (Å²) < 4.78 is 1.12. The van der Waals surface area contributed by atoms with Gasteiger partial charge in [0.25, 0.3) is 0 Å². The monoisotopic (exact) mass is 316 g/mol. The molecule has 2 atom stereocenters. The normalized spacial score (nSPS) is 15.6. The van der Waals surface area contributed by atoms with E-state index in [2.05, 4.69) is 67.9 Å². The molecule has 96 valence electrons. The van der Waals surface area contributed by atoms with Crippen molar-refractivity contribution in [2.45, 2.75) is 45.9 Å². The highest BCUT2D eigenvalue weighted by Gasteiger charge is 2.22. The molecule has 0 aromatic heterocycles. The average molecular weight is 318 g/mol. The predicted molar refractivity (Wildman–Crippen MR) is 80.7 cm³/mol. The van der Waals surface area contributed by atoms with Gasteiger partial charge in [0, 0.05) is 9.85 Å². The highest BCUT2D eigenvalue weighted by molar-refractivity contribution is 9.10. The molecule has 1 aromatic rings. The molecule has 0 bridgehead atoms. The summed E-state index contributed by atoms with van der Waals surface area (Å²) in [7, 11) is 0. The minimum Gasteiger partial charge on any atom is -0.123 e. The Bertz CT molecular complexity index is 337. The molecular formula is C15H22BrCl. The lowest BCUT2D eigenvalue weighted by Gasteiger charge is -2.29. The molecule has 0 radical (unpaired) electrons. The Hall–Kier alpha value is -0.0100. The number of hydrogen-bond donors (Lipinski definition) is 0. The van der Waals surface area contributed by atoms with Gasteiger partial charge in [-0.05, 0) is 41.9 Å². The molecule has 0 aliphatic heterocycles. The lowest BCUT2D eigenvalue weighted by Crippen LogP contribution is -2.21. The molecule has 0 nitrogen and oxygen atoms in total. The molecule has 2 heteroatoms. The van der Waals surface area contributed by atoms with Gasteiger partial charge in [-0.3, -0.25) is 0 Å². The standard InChI is InChI=1S/C15H22BrCl/c1-11(15(2,3)4)9-14(17)10-12-5-7-13(16)8-6-12/h5-8,11,14H,9-10H2,1-4H3. The summed E-state index contributed by atoms with van der Waals surface area (Å²) in [6.45, 7) is 9.12. The fourth-order valence-corrected chi connectivity index (χ4v) is 2.41. The van der Waals surface area contributed by atoms with Crippen LogP contribution in [0.4, 0.5) is 0 Å². The molecule has 0 amide bonds. The van der Waals surface area contributed by atoms with Crippen LogP contribution in [0.25, 0.3) is 0 Å². The van der Waals surface area contributed by atoms with Crippen molar-refractivity contribution in [2.75, 3.05) is 0 Å². The van der Waals surface area contributed by atoms with Crippen molar-refractivity contribution in [3.05, 3.63) is 34.3 Å². The number of benzene rings is 1. The summed E-state index contributed by atoms with van der Waals surface area (Å²) >= 11 is 9.89. The van der Waals surface area contributed by atoms with Gasteiger partial charge in [0.2, 0.25) is 0 Å². The van der Waals surface area contributed by atoms with Crippen LogP contribution < -0.4 is 0 Å². The van der Waals surface area contributed by atoms with Crippen LogP contribution in [-0.4, -0.2) is 5.38 Å². The second-order valence-electron chi connectivity index (χ2n) is 5.93. The Kier molecular flexibility index (Phi) is 5.53. The first-order chi connectivity index (χ1) is 7.79. The van der Waals surface area contributed by atoms with E-state index >= 15 is 0 Å². The molecule has 0 N–H and O–H groups in total. The van der Waals surface area contributed by atoms with Gasteiger partial charge in [-0.15, -0.1) is 11.6 Å². The summed E-state index contributed by atoms with van der Waals surface area (Å²) in [5, 5.41) is 0.227. The zero-order valence-corrected chi connectivity index (χ0v) is 13.5. The van der Waals surface area contributed by atoms with Crippen molar-refractivity contribution in [1.29, 1.82) is 0 Å². The molecule has 0 aliphatic rings. The number of rotatable bonds is 4. The largest absolute Gasteiger partial charge is 0.123 e. The van der Waals surface area contributed by atoms with Crippen LogP contribution in [-0.2, 0) is 6.42 Å². The van der Waals surface area contributed by atoms with Crippen LogP contribution in [0.3, 0.4) is 0 Å². The van der Waals surface area contributed by atoms with Crippen LogP contribution in [0.5, 0.6) is 0 Å².